The van der Waals surface area contributed by atoms with Crippen molar-refractivity contribution in [1.29, 1.82) is 0 Å². The summed E-state index contributed by atoms with van der Waals surface area (Å²) in [5.74, 6) is 0.187. The lowest BCUT2D eigenvalue weighted by Crippen LogP contribution is -2.13. The number of anilines is 1. The molecule has 0 spiro atoms. The van der Waals surface area contributed by atoms with Crippen LogP contribution in [0.25, 0.3) is 0 Å². The van der Waals surface area contributed by atoms with E-state index in [-0.39, 0.29) is 11.7 Å². The zero-order valence-corrected chi connectivity index (χ0v) is 13.9. The van der Waals surface area contributed by atoms with Crippen molar-refractivity contribution in [1.82, 2.24) is 0 Å². The van der Waals surface area contributed by atoms with Crippen LogP contribution in [-0.2, 0) is 15.6 Å². The van der Waals surface area contributed by atoms with Crippen molar-refractivity contribution in [3.05, 3.63) is 59.7 Å². The minimum atomic E-state index is -3.14. The molecule has 0 aliphatic carbocycles. The molecule has 0 heterocycles. The molecule has 0 unspecified atom stereocenters. The van der Waals surface area contributed by atoms with Crippen molar-refractivity contribution >= 4 is 21.4 Å². The van der Waals surface area contributed by atoms with Crippen molar-refractivity contribution in [2.75, 3.05) is 18.2 Å². The molecule has 0 aliphatic rings. The summed E-state index contributed by atoms with van der Waals surface area (Å²) in [5, 5.41) is 2.79. The molecule has 1 N–H and O–H groups in total. The fraction of sp³-hybridized carbons (Fsp3) is 0.235. The molecule has 2 aromatic carbocycles. The molecule has 0 saturated heterocycles. The summed E-state index contributed by atoms with van der Waals surface area (Å²) in [7, 11) is -3.14. The third-order valence-electron chi connectivity index (χ3n) is 3.05. The van der Waals surface area contributed by atoms with Crippen molar-refractivity contribution in [3.63, 3.8) is 0 Å². The van der Waals surface area contributed by atoms with Crippen molar-refractivity contribution in [2.24, 2.45) is 0 Å². The molecule has 2 rings (SSSR count). The number of benzene rings is 2. The van der Waals surface area contributed by atoms with E-state index in [0.717, 1.165) is 6.26 Å². The number of carbonyl (C=O) groups excluding carboxylic acids is 1. The Kier molecular flexibility index (Phi) is 5.39. The lowest BCUT2D eigenvalue weighted by molar-refractivity contribution is 0.102. The van der Waals surface area contributed by atoms with E-state index in [4.69, 9.17) is 4.74 Å². The molecule has 2 aromatic rings. The second kappa shape index (κ2) is 7.28. The smallest absolute Gasteiger partial charge is 0.255 e. The minimum Gasteiger partial charge on any atom is -0.492 e. The van der Waals surface area contributed by atoms with E-state index in [0.29, 0.717) is 29.2 Å². The van der Waals surface area contributed by atoms with E-state index in [2.05, 4.69) is 5.32 Å². The summed E-state index contributed by atoms with van der Waals surface area (Å²) in [5.41, 5.74) is 1.56. The summed E-state index contributed by atoms with van der Waals surface area (Å²) in [6.07, 6.45) is 1.16. The van der Waals surface area contributed by atoms with Crippen LogP contribution >= 0.6 is 0 Å². The maximum absolute atomic E-state index is 12.4. The molecular formula is C17H19NO4S. The molecule has 0 fully saturated rings. The average molecular weight is 333 g/mol. The van der Waals surface area contributed by atoms with Gasteiger partial charge in [0.1, 0.15) is 5.75 Å². The quantitative estimate of drug-likeness (QED) is 0.882. The molecule has 0 aromatic heterocycles. The van der Waals surface area contributed by atoms with Gasteiger partial charge in [-0.3, -0.25) is 4.79 Å². The maximum Gasteiger partial charge on any atom is 0.255 e. The van der Waals surface area contributed by atoms with Gasteiger partial charge in [0.2, 0.25) is 0 Å². The van der Waals surface area contributed by atoms with E-state index in [1.807, 2.05) is 13.0 Å². The van der Waals surface area contributed by atoms with Crippen molar-refractivity contribution < 1.29 is 17.9 Å². The Bertz CT molecular complexity index is 800. The number of nitrogens with one attached hydrogen (secondary N) is 1. The van der Waals surface area contributed by atoms with Gasteiger partial charge >= 0.3 is 0 Å². The topological polar surface area (TPSA) is 72.5 Å². The van der Waals surface area contributed by atoms with Crippen LogP contribution in [0.5, 0.6) is 5.75 Å². The lowest BCUT2D eigenvalue weighted by Gasteiger charge is -2.11. The average Bonchev–Trinajstić information content (AvgIpc) is 2.48. The van der Waals surface area contributed by atoms with Crippen molar-refractivity contribution in [2.45, 2.75) is 12.7 Å². The van der Waals surface area contributed by atoms with Gasteiger partial charge in [-0.2, -0.15) is 0 Å². The number of para-hydroxylation sites is 2. The number of hydrogen-bond donors (Lipinski definition) is 1. The molecular weight excluding hydrogens is 314 g/mol. The van der Waals surface area contributed by atoms with Crippen LogP contribution in [0.2, 0.25) is 0 Å². The fourth-order valence-corrected chi connectivity index (χ4v) is 2.94. The van der Waals surface area contributed by atoms with E-state index < -0.39 is 9.84 Å². The van der Waals surface area contributed by atoms with E-state index in [9.17, 15) is 13.2 Å². The number of ether oxygens (including phenoxy) is 1. The van der Waals surface area contributed by atoms with Crippen LogP contribution in [0.15, 0.2) is 48.5 Å². The largest absolute Gasteiger partial charge is 0.492 e. The fourth-order valence-electron chi connectivity index (χ4n) is 2.15. The van der Waals surface area contributed by atoms with Gasteiger partial charge in [-0.05, 0) is 36.8 Å². The van der Waals surface area contributed by atoms with Gasteiger partial charge in [0.25, 0.3) is 5.91 Å². The Hall–Kier alpha value is -2.34. The first-order valence-corrected chi connectivity index (χ1v) is 9.25. The minimum absolute atomic E-state index is 0.0936. The first kappa shape index (κ1) is 17.0. The number of hydrogen-bond acceptors (Lipinski definition) is 4. The molecule has 23 heavy (non-hydrogen) atoms. The molecule has 5 nitrogen and oxygen atoms in total. The Morgan fingerprint density at radius 1 is 1.13 bits per heavy atom. The number of sulfone groups is 1. The van der Waals surface area contributed by atoms with Gasteiger partial charge in [0.05, 0.1) is 18.0 Å². The van der Waals surface area contributed by atoms with Gasteiger partial charge in [0.15, 0.2) is 9.84 Å². The first-order valence-electron chi connectivity index (χ1n) is 7.19. The monoisotopic (exact) mass is 333 g/mol. The van der Waals surface area contributed by atoms with Crippen LogP contribution in [-0.4, -0.2) is 27.2 Å². The second-order valence-electron chi connectivity index (χ2n) is 5.15. The molecule has 6 heteroatoms. The Labute approximate surface area is 136 Å². The van der Waals surface area contributed by atoms with E-state index in [1.54, 1.807) is 42.5 Å². The normalized spacial score (nSPS) is 11.0. The Balaban J connectivity index is 2.20. The van der Waals surface area contributed by atoms with Crippen LogP contribution in [0.3, 0.4) is 0 Å². The summed E-state index contributed by atoms with van der Waals surface area (Å²) in [4.78, 5) is 12.4. The molecule has 0 saturated carbocycles. The first-order chi connectivity index (χ1) is 10.9. The van der Waals surface area contributed by atoms with E-state index >= 15 is 0 Å². The summed E-state index contributed by atoms with van der Waals surface area (Å²) in [6.45, 7) is 2.37. The summed E-state index contributed by atoms with van der Waals surface area (Å²) < 4.78 is 28.2. The number of carbonyl (C=O) groups is 1. The Morgan fingerprint density at radius 3 is 2.57 bits per heavy atom. The predicted molar refractivity (Wildman–Crippen MR) is 90.6 cm³/mol. The van der Waals surface area contributed by atoms with Gasteiger partial charge in [-0.1, -0.05) is 24.3 Å². The SMILES string of the molecule is CCOc1ccccc1NC(=O)c1cccc(CS(C)(=O)=O)c1. The zero-order chi connectivity index (χ0) is 16.9. The second-order valence-corrected chi connectivity index (χ2v) is 7.29. The van der Waals surface area contributed by atoms with Crippen LogP contribution in [0.4, 0.5) is 5.69 Å². The molecule has 122 valence electrons. The molecule has 0 bridgehead atoms. The maximum atomic E-state index is 12.4. The lowest BCUT2D eigenvalue weighted by atomic mass is 10.1. The standard InChI is InChI=1S/C17H19NO4S/c1-3-22-16-10-5-4-9-15(16)18-17(19)14-8-6-7-13(11-14)12-23(2,20)21/h4-11H,3,12H2,1-2H3,(H,18,19). The van der Waals surface area contributed by atoms with Gasteiger partial charge in [-0.15, -0.1) is 0 Å². The summed E-state index contributed by atoms with van der Waals surface area (Å²) >= 11 is 0. The van der Waals surface area contributed by atoms with Crippen LogP contribution in [0.1, 0.15) is 22.8 Å². The highest BCUT2D eigenvalue weighted by molar-refractivity contribution is 7.89. The van der Waals surface area contributed by atoms with Gasteiger partial charge in [0, 0.05) is 11.8 Å². The predicted octanol–water partition coefficient (Wildman–Crippen LogP) is 2.88. The molecule has 1 amide bonds. The highest BCUT2D eigenvalue weighted by Gasteiger charge is 2.11. The Morgan fingerprint density at radius 2 is 1.87 bits per heavy atom. The van der Waals surface area contributed by atoms with Crippen molar-refractivity contribution in [3.8, 4) is 5.75 Å². The molecule has 0 aliphatic heterocycles. The third kappa shape index (κ3) is 5.10. The molecule has 0 radical (unpaired) electrons. The highest BCUT2D eigenvalue weighted by Crippen LogP contribution is 2.24. The van der Waals surface area contributed by atoms with Crippen LogP contribution < -0.4 is 10.1 Å². The van der Waals surface area contributed by atoms with E-state index in [1.165, 1.54) is 0 Å². The van der Waals surface area contributed by atoms with Crippen LogP contribution in [0, 0.1) is 0 Å². The highest BCUT2D eigenvalue weighted by atomic mass is 32.2. The third-order valence-corrected chi connectivity index (χ3v) is 3.91. The number of amides is 1. The molecule has 0 atom stereocenters. The zero-order valence-electron chi connectivity index (χ0n) is 13.1. The summed E-state index contributed by atoms with van der Waals surface area (Å²) in [6, 6.07) is 13.7. The van der Waals surface area contributed by atoms with Gasteiger partial charge < -0.3 is 10.1 Å². The van der Waals surface area contributed by atoms with Gasteiger partial charge in [-0.25, -0.2) is 8.42 Å². The number of rotatable bonds is 6.